The highest BCUT2D eigenvalue weighted by molar-refractivity contribution is 6.31. The Morgan fingerprint density at radius 2 is 1.96 bits per heavy atom. The molecule has 0 bridgehead atoms. The summed E-state index contributed by atoms with van der Waals surface area (Å²) in [5, 5.41) is 22.9. The van der Waals surface area contributed by atoms with E-state index in [1.807, 2.05) is 42.5 Å². The van der Waals surface area contributed by atoms with Gasteiger partial charge in [0.25, 0.3) is 5.56 Å². The average molecular weight is 403 g/mol. The maximum atomic E-state index is 13.2. The normalized spacial score (nSPS) is 12.3. The van der Waals surface area contributed by atoms with E-state index < -0.39 is 6.10 Å². The quantitative estimate of drug-likeness (QED) is 0.537. The Bertz CT molecular complexity index is 1020. The Morgan fingerprint density at radius 1 is 1.18 bits per heavy atom. The van der Waals surface area contributed by atoms with E-state index in [1.54, 1.807) is 17.7 Å². The number of rotatable bonds is 8. The van der Waals surface area contributed by atoms with E-state index in [2.05, 4.69) is 5.32 Å². The van der Waals surface area contributed by atoms with Crippen molar-refractivity contribution in [3.8, 4) is 5.75 Å². The van der Waals surface area contributed by atoms with Gasteiger partial charge in [-0.15, -0.1) is 0 Å². The van der Waals surface area contributed by atoms with E-state index in [4.69, 9.17) is 21.4 Å². The van der Waals surface area contributed by atoms with Crippen molar-refractivity contribution in [1.29, 1.82) is 0 Å². The molecule has 1 unspecified atom stereocenters. The van der Waals surface area contributed by atoms with Gasteiger partial charge in [-0.3, -0.25) is 4.79 Å². The molecule has 0 aliphatic carbocycles. The molecule has 0 fully saturated rings. The molecule has 0 amide bonds. The second-order valence-corrected chi connectivity index (χ2v) is 6.95. The first kappa shape index (κ1) is 20.4. The molecule has 0 aliphatic heterocycles. The lowest BCUT2D eigenvalue weighted by atomic mass is 10.1. The summed E-state index contributed by atoms with van der Waals surface area (Å²) in [6.07, 6.45) is -0.866. The maximum absolute atomic E-state index is 13.2. The standard InChI is InChI=1S/C21H23ClN2O4/c1-28-18-7-6-14-8-16(10-23-11-17(26)13-25)21(27)24(20(14)9-18)12-15-4-2-3-5-19(15)22/h2-9,17,23,25-26H,10-13H2,1H3. The van der Waals surface area contributed by atoms with Crippen LogP contribution in [0.4, 0.5) is 0 Å². The fraction of sp³-hybridized carbons (Fsp3) is 0.286. The molecule has 148 valence electrons. The van der Waals surface area contributed by atoms with Crippen molar-refractivity contribution >= 4 is 22.5 Å². The third-order valence-corrected chi connectivity index (χ3v) is 4.94. The molecule has 3 rings (SSSR count). The monoisotopic (exact) mass is 402 g/mol. The van der Waals surface area contributed by atoms with E-state index in [0.717, 1.165) is 16.5 Å². The van der Waals surface area contributed by atoms with Crippen molar-refractivity contribution in [1.82, 2.24) is 9.88 Å². The molecule has 1 aromatic heterocycles. The minimum atomic E-state index is -0.866. The second kappa shape index (κ2) is 9.21. The lowest BCUT2D eigenvalue weighted by Crippen LogP contribution is -2.32. The number of ether oxygens (including phenoxy) is 1. The summed E-state index contributed by atoms with van der Waals surface area (Å²) in [5.74, 6) is 0.664. The van der Waals surface area contributed by atoms with Crippen molar-refractivity contribution in [3.63, 3.8) is 0 Å². The third kappa shape index (κ3) is 4.54. The lowest BCUT2D eigenvalue weighted by molar-refractivity contribution is 0.0942. The highest BCUT2D eigenvalue weighted by Gasteiger charge is 2.13. The number of fused-ring (bicyclic) bond motifs is 1. The number of hydrogen-bond donors (Lipinski definition) is 3. The fourth-order valence-electron chi connectivity index (χ4n) is 3.06. The fourth-order valence-corrected chi connectivity index (χ4v) is 3.25. The Morgan fingerprint density at radius 3 is 2.68 bits per heavy atom. The van der Waals surface area contributed by atoms with E-state index in [-0.39, 0.29) is 25.3 Å². The highest BCUT2D eigenvalue weighted by atomic mass is 35.5. The Labute approximate surface area is 168 Å². The number of aliphatic hydroxyl groups excluding tert-OH is 2. The molecule has 0 radical (unpaired) electrons. The summed E-state index contributed by atoms with van der Waals surface area (Å²) in [7, 11) is 1.59. The van der Waals surface area contributed by atoms with Crippen LogP contribution < -0.4 is 15.6 Å². The first-order valence-corrected chi connectivity index (χ1v) is 9.34. The van der Waals surface area contributed by atoms with Crippen LogP contribution in [-0.2, 0) is 13.1 Å². The van der Waals surface area contributed by atoms with E-state index in [0.29, 0.717) is 22.9 Å². The summed E-state index contributed by atoms with van der Waals surface area (Å²) in [4.78, 5) is 13.2. The Hall–Kier alpha value is -2.38. The SMILES string of the molecule is COc1ccc2cc(CNCC(O)CO)c(=O)n(Cc3ccccc3Cl)c2c1. The lowest BCUT2D eigenvalue weighted by Gasteiger charge is -2.16. The molecular weight excluding hydrogens is 380 g/mol. The summed E-state index contributed by atoms with van der Waals surface area (Å²) in [6.45, 7) is 0.470. The Balaban J connectivity index is 2.05. The van der Waals surface area contributed by atoms with Gasteiger partial charge in [-0.1, -0.05) is 29.8 Å². The van der Waals surface area contributed by atoms with Gasteiger partial charge in [0, 0.05) is 29.7 Å². The first-order valence-electron chi connectivity index (χ1n) is 8.97. The molecule has 1 heterocycles. The molecule has 28 heavy (non-hydrogen) atoms. The zero-order valence-corrected chi connectivity index (χ0v) is 16.3. The van der Waals surface area contributed by atoms with Crippen LogP contribution in [0.1, 0.15) is 11.1 Å². The van der Waals surface area contributed by atoms with Crippen LogP contribution in [-0.4, -0.2) is 41.1 Å². The number of aromatic nitrogens is 1. The van der Waals surface area contributed by atoms with Crippen molar-refractivity contribution in [3.05, 3.63) is 75.0 Å². The number of aliphatic hydroxyl groups is 2. The number of pyridine rings is 1. The van der Waals surface area contributed by atoms with Crippen LogP contribution in [0.5, 0.6) is 5.75 Å². The molecular formula is C21H23ClN2O4. The summed E-state index contributed by atoms with van der Waals surface area (Å²) >= 11 is 6.31. The molecule has 0 spiro atoms. The van der Waals surface area contributed by atoms with Gasteiger partial charge >= 0.3 is 0 Å². The summed E-state index contributed by atoms with van der Waals surface area (Å²) < 4.78 is 7.00. The van der Waals surface area contributed by atoms with Crippen LogP contribution in [0.25, 0.3) is 10.9 Å². The van der Waals surface area contributed by atoms with Gasteiger partial charge in [-0.05, 0) is 35.2 Å². The zero-order valence-electron chi connectivity index (χ0n) is 15.6. The third-order valence-electron chi connectivity index (χ3n) is 4.57. The van der Waals surface area contributed by atoms with Gasteiger partial charge in [0.1, 0.15) is 5.75 Å². The van der Waals surface area contributed by atoms with Crippen LogP contribution in [0.3, 0.4) is 0 Å². The summed E-state index contributed by atoms with van der Waals surface area (Å²) in [5.41, 5.74) is 2.01. The minimum absolute atomic E-state index is 0.147. The van der Waals surface area contributed by atoms with Crippen LogP contribution in [0, 0.1) is 0 Å². The van der Waals surface area contributed by atoms with Crippen LogP contribution in [0.15, 0.2) is 53.3 Å². The number of nitrogens with zero attached hydrogens (tertiary/aromatic N) is 1. The highest BCUT2D eigenvalue weighted by Crippen LogP contribution is 2.23. The molecule has 0 saturated carbocycles. The predicted molar refractivity (Wildman–Crippen MR) is 110 cm³/mol. The number of methoxy groups -OCH3 is 1. The van der Waals surface area contributed by atoms with Gasteiger partial charge in [0.05, 0.1) is 31.9 Å². The van der Waals surface area contributed by atoms with Gasteiger partial charge < -0.3 is 24.8 Å². The first-order chi connectivity index (χ1) is 13.5. The van der Waals surface area contributed by atoms with E-state index in [9.17, 15) is 9.90 Å². The van der Waals surface area contributed by atoms with Gasteiger partial charge in [0.2, 0.25) is 0 Å². The van der Waals surface area contributed by atoms with Crippen molar-refractivity contribution < 1.29 is 14.9 Å². The maximum Gasteiger partial charge on any atom is 0.255 e. The van der Waals surface area contributed by atoms with Gasteiger partial charge in [-0.25, -0.2) is 0 Å². The van der Waals surface area contributed by atoms with Crippen LogP contribution >= 0.6 is 11.6 Å². The van der Waals surface area contributed by atoms with Crippen molar-refractivity contribution in [2.45, 2.75) is 19.2 Å². The molecule has 0 saturated heterocycles. The number of halogens is 1. The van der Waals surface area contributed by atoms with E-state index in [1.165, 1.54) is 0 Å². The molecule has 3 aromatic rings. The number of benzene rings is 2. The average Bonchev–Trinajstić information content (AvgIpc) is 2.71. The summed E-state index contributed by atoms with van der Waals surface area (Å²) in [6, 6.07) is 14.8. The molecule has 1 atom stereocenters. The van der Waals surface area contributed by atoms with Crippen LogP contribution in [0.2, 0.25) is 5.02 Å². The molecule has 3 N–H and O–H groups in total. The van der Waals surface area contributed by atoms with E-state index >= 15 is 0 Å². The zero-order chi connectivity index (χ0) is 20.1. The minimum Gasteiger partial charge on any atom is -0.497 e. The number of hydrogen-bond acceptors (Lipinski definition) is 5. The number of nitrogens with one attached hydrogen (secondary N) is 1. The smallest absolute Gasteiger partial charge is 0.255 e. The van der Waals surface area contributed by atoms with Crippen molar-refractivity contribution in [2.24, 2.45) is 0 Å². The van der Waals surface area contributed by atoms with Gasteiger partial charge in [0.15, 0.2) is 0 Å². The van der Waals surface area contributed by atoms with Crippen molar-refractivity contribution in [2.75, 3.05) is 20.3 Å². The Kier molecular flexibility index (Phi) is 6.70. The van der Waals surface area contributed by atoms with Gasteiger partial charge in [-0.2, -0.15) is 0 Å². The second-order valence-electron chi connectivity index (χ2n) is 6.54. The molecule has 0 aliphatic rings. The molecule has 2 aromatic carbocycles. The molecule has 6 nitrogen and oxygen atoms in total. The molecule has 7 heteroatoms. The topological polar surface area (TPSA) is 83.7 Å². The largest absolute Gasteiger partial charge is 0.497 e. The predicted octanol–water partition coefficient (Wildman–Crippen LogP) is 2.15.